The Morgan fingerprint density at radius 3 is 0.899 bits per heavy atom. The van der Waals surface area contributed by atoms with Gasteiger partial charge in [-0.3, -0.25) is 9.59 Å². The summed E-state index contributed by atoms with van der Waals surface area (Å²) in [5, 5.41) is 11.8. The summed E-state index contributed by atoms with van der Waals surface area (Å²) in [5.41, 5.74) is 0. The molecule has 0 N–H and O–H groups in total. The normalized spacial score (nSPS) is 13.8. The maximum atomic E-state index is 12.9. The number of carbonyl (C=O) groups is 3. The number of unbranched alkanes of at least 4 members (excludes halogenated alkanes) is 20. The topological polar surface area (TPSA) is 111 Å². The van der Waals surface area contributed by atoms with E-state index in [2.05, 4.69) is 184 Å². The molecule has 0 amide bonds. The van der Waals surface area contributed by atoms with Crippen LogP contribution in [0.25, 0.3) is 0 Å². The summed E-state index contributed by atoms with van der Waals surface area (Å²) < 4.78 is 22.8. The first-order valence-electron chi connectivity index (χ1n) is 35.3. The van der Waals surface area contributed by atoms with Crippen LogP contribution in [0.4, 0.5) is 0 Å². The Kier molecular flexibility index (Phi) is 64.4. The number of ether oxygens (including phenoxy) is 4. The molecular weight excluding hydrogens is 1100 g/mol. The van der Waals surface area contributed by atoms with E-state index in [0.717, 1.165) is 148 Å². The highest BCUT2D eigenvalue weighted by molar-refractivity contribution is 5.70. The van der Waals surface area contributed by atoms with E-state index in [0.29, 0.717) is 17.4 Å². The van der Waals surface area contributed by atoms with Gasteiger partial charge in [0.15, 0.2) is 12.4 Å². The molecule has 0 rings (SSSR count). The highest BCUT2D eigenvalue weighted by Crippen LogP contribution is 2.16. The highest BCUT2D eigenvalue weighted by atomic mass is 16.7. The number of esters is 2. The van der Waals surface area contributed by atoms with Gasteiger partial charge in [-0.2, -0.15) is 0 Å². The number of carbonyl (C=O) groups excluding carboxylic acids is 3. The lowest BCUT2D eigenvalue weighted by atomic mass is 10.0. The summed E-state index contributed by atoms with van der Waals surface area (Å²) >= 11 is 0. The fraction of sp³-hybridized carbons (Fsp3) is 0.613. The Bertz CT molecular complexity index is 2070. The van der Waals surface area contributed by atoms with Crippen LogP contribution in [0.3, 0.4) is 0 Å². The molecular formula is C80H129NO8. The molecule has 0 saturated carbocycles. The average Bonchev–Trinajstić information content (AvgIpc) is 3.64. The van der Waals surface area contributed by atoms with Crippen LogP contribution < -0.4 is 5.11 Å². The van der Waals surface area contributed by atoms with Crippen molar-refractivity contribution < 1.29 is 42.9 Å². The van der Waals surface area contributed by atoms with Crippen molar-refractivity contribution in [3.8, 4) is 0 Å². The van der Waals surface area contributed by atoms with Crippen molar-refractivity contribution in [1.82, 2.24) is 0 Å². The van der Waals surface area contributed by atoms with Crippen molar-refractivity contribution in [2.75, 3.05) is 47.5 Å². The van der Waals surface area contributed by atoms with Crippen LogP contribution in [-0.4, -0.2) is 82.3 Å². The number of quaternary nitrogens is 1. The molecule has 0 bridgehead atoms. The van der Waals surface area contributed by atoms with Gasteiger partial charge in [0.1, 0.15) is 13.2 Å². The minimum absolute atomic E-state index is 0.136. The first kappa shape index (κ1) is 83.7. The van der Waals surface area contributed by atoms with Gasteiger partial charge in [-0.1, -0.05) is 287 Å². The quantitative estimate of drug-likeness (QED) is 0.0195. The molecule has 0 spiro atoms. The van der Waals surface area contributed by atoms with Crippen molar-refractivity contribution in [2.45, 2.75) is 270 Å². The van der Waals surface area contributed by atoms with Gasteiger partial charge in [-0.05, 0) is 128 Å². The van der Waals surface area contributed by atoms with E-state index in [1.165, 1.54) is 77.0 Å². The van der Waals surface area contributed by atoms with E-state index in [1.54, 1.807) is 0 Å². The third-order valence-corrected chi connectivity index (χ3v) is 14.5. The minimum Gasteiger partial charge on any atom is -0.545 e. The van der Waals surface area contributed by atoms with Crippen LogP contribution in [0.15, 0.2) is 170 Å². The molecule has 9 nitrogen and oxygen atoms in total. The van der Waals surface area contributed by atoms with Gasteiger partial charge < -0.3 is 33.3 Å². The summed E-state index contributed by atoms with van der Waals surface area (Å²) in [4.78, 5) is 37.5. The van der Waals surface area contributed by atoms with Crippen LogP contribution in [0.1, 0.15) is 258 Å². The molecule has 2 unspecified atom stereocenters. The summed E-state index contributed by atoms with van der Waals surface area (Å²) in [7, 11) is 5.91. The number of aliphatic carboxylic acids is 1. The lowest BCUT2D eigenvalue weighted by molar-refractivity contribution is -0.870. The SMILES string of the molecule is CC/C=C\C/C=C\C/C=C\C/C=C\C/C=C\C/C=C\C/C=C\C/C=C\CCCCCCCCC(=O)OC(COC(=O)CCCCCCCCCCCCCCCC/C=C\C/C=C\C/C=C\C/C=C\C/C=C\C/C=C\CC)COC(OCC[N+](C)(C)C)C(=O)[O-]. The molecule has 0 radical (unpaired) electrons. The number of hydrogen-bond acceptors (Lipinski definition) is 8. The van der Waals surface area contributed by atoms with Gasteiger partial charge in [0.2, 0.25) is 0 Å². The molecule has 2 atom stereocenters. The molecule has 0 fully saturated rings. The predicted molar refractivity (Wildman–Crippen MR) is 379 cm³/mol. The smallest absolute Gasteiger partial charge is 0.306 e. The largest absolute Gasteiger partial charge is 0.545 e. The van der Waals surface area contributed by atoms with E-state index in [1.807, 2.05) is 21.1 Å². The van der Waals surface area contributed by atoms with Crippen molar-refractivity contribution in [2.24, 2.45) is 0 Å². The molecule has 9 heteroatoms. The second-order valence-corrected chi connectivity index (χ2v) is 24.1. The van der Waals surface area contributed by atoms with Crippen LogP contribution in [-0.2, 0) is 33.3 Å². The molecule has 89 heavy (non-hydrogen) atoms. The molecule has 0 heterocycles. The number of allylic oxidation sites excluding steroid dienone is 28. The van der Waals surface area contributed by atoms with E-state index >= 15 is 0 Å². The fourth-order valence-electron chi connectivity index (χ4n) is 9.14. The minimum atomic E-state index is -1.64. The van der Waals surface area contributed by atoms with Crippen LogP contribution in [0, 0.1) is 0 Å². The van der Waals surface area contributed by atoms with Crippen molar-refractivity contribution in [1.29, 1.82) is 0 Å². The average molecular weight is 1230 g/mol. The Balaban J connectivity index is 4.20. The predicted octanol–water partition coefficient (Wildman–Crippen LogP) is 20.9. The van der Waals surface area contributed by atoms with Gasteiger partial charge in [0.25, 0.3) is 0 Å². The first-order valence-corrected chi connectivity index (χ1v) is 35.3. The number of carboxylic acid groups (broad SMARTS) is 1. The fourth-order valence-corrected chi connectivity index (χ4v) is 9.14. The Morgan fingerprint density at radius 2 is 0.607 bits per heavy atom. The monoisotopic (exact) mass is 1230 g/mol. The third kappa shape index (κ3) is 70.0. The zero-order valence-corrected chi connectivity index (χ0v) is 57.2. The molecule has 502 valence electrons. The molecule has 0 aromatic carbocycles. The van der Waals surface area contributed by atoms with E-state index in [-0.39, 0.29) is 38.6 Å². The van der Waals surface area contributed by atoms with Gasteiger partial charge in [0.05, 0.1) is 40.3 Å². The second kappa shape index (κ2) is 68.6. The van der Waals surface area contributed by atoms with Gasteiger partial charge >= 0.3 is 11.9 Å². The van der Waals surface area contributed by atoms with Crippen LogP contribution in [0.2, 0.25) is 0 Å². The molecule has 0 saturated heterocycles. The number of rotatable bonds is 63. The Labute approximate surface area is 546 Å². The Morgan fingerprint density at radius 1 is 0.337 bits per heavy atom. The molecule has 0 aliphatic carbocycles. The lowest BCUT2D eigenvalue weighted by Crippen LogP contribution is -2.44. The summed E-state index contributed by atoms with van der Waals surface area (Å²) in [6.45, 7) is 4.49. The zero-order chi connectivity index (χ0) is 64.7. The Hall–Kier alpha value is -5.35. The number of likely N-dealkylation sites (N-methyl/N-ethyl adjacent to an activating group) is 1. The molecule has 0 aromatic rings. The lowest BCUT2D eigenvalue weighted by Gasteiger charge is -2.26. The van der Waals surface area contributed by atoms with Gasteiger partial charge in [0, 0.05) is 12.8 Å². The molecule has 0 aliphatic heterocycles. The number of carboxylic acids is 1. The van der Waals surface area contributed by atoms with E-state index in [4.69, 9.17) is 18.9 Å². The van der Waals surface area contributed by atoms with E-state index in [9.17, 15) is 19.5 Å². The summed E-state index contributed by atoms with van der Waals surface area (Å²) in [5.74, 6) is -2.32. The molecule has 0 aromatic heterocycles. The second-order valence-electron chi connectivity index (χ2n) is 24.1. The maximum Gasteiger partial charge on any atom is 0.306 e. The number of nitrogens with zero attached hydrogens (tertiary/aromatic N) is 1. The first-order chi connectivity index (χ1) is 43.6. The standard InChI is InChI=1S/C80H129NO8/c1-6-8-10-12-14-16-18-20-22-24-26-28-30-32-34-36-38-39-41-42-44-46-48-50-52-54-56-58-60-62-64-66-68-70-77(82)87-74-76(75-88-80(79(84)85)86-73-72-81(3,4)5)89-78(83)71-69-67-65-63-61-59-57-55-53-51-49-47-45-43-40-37-35-33-31-29-27-25-23-21-19-17-15-13-11-9-7-2/h8-11,14-17,20-23,26-29,32-35,38-40,43,47,49,53,55,76,80H,6-7,12-13,18-19,24-25,30-31,36-37,41-42,44-46,48,50-52,54,56-75H2,1-5H3/b10-8-,11-9-,16-14-,17-15-,22-20-,23-21-,28-26-,29-27-,34-32-,35-33-,39-38-,43-40-,49-47-,55-53-. The van der Waals surface area contributed by atoms with Crippen LogP contribution in [0.5, 0.6) is 0 Å². The third-order valence-electron chi connectivity index (χ3n) is 14.5. The van der Waals surface area contributed by atoms with Gasteiger partial charge in [-0.25, -0.2) is 0 Å². The van der Waals surface area contributed by atoms with Crippen molar-refractivity contribution in [3.05, 3.63) is 170 Å². The van der Waals surface area contributed by atoms with Gasteiger partial charge in [-0.15, -0.1) is 0 Å². The summed E-state index contributed by atoms with van der Waals surface area (Å²) in [6.07, 6.45) is 99.9. The van der Waals surface area contributed by atoms with E-state index < -0.39 is 24.3 Å². The highest BCUT2D eigenvalue weighted by Gasteiger charge is 2.22. The maximum absolute atomic E-state index is 12.9. The summed E-state index contributed by atoms with van der Waals surface area (Å²) in [6, 6.07) is 0. The van der Waals surface area contributed by atoms with Crippen molar-refractivity contribution >= 4 is 17.9 Å². The van der Waals surface area contributed by atoms with Crippen molar-refractivity contribution in [3.63, 3.8) is 0 Å². The number of hydrogen-bond donors (Lipinski definition) is 0. The zero-order valence-electron chi connectivity index (χ0n) is 57.2. The van der Waals surface area contributed by atoms with Crippen LogP contribution >= 0.6 is 0 Å². The molecule has 0 aliphatic rings.